The summed E-state index contributed by atoms with van der Waals surface area (Å²) in [5.41, 5.74) is 0.599. The first-order chi connectivity index (χ1) is 9.54. The van der Waals surface area contributed by atoms with Gasteiger partial charge < -0.3 is 4.74 Å². The number of nitrogens with zero attached hydrogens (tertiary/aromatic N) is 2. The van der Waals surface area contributed by atoms with Crippen molar-refractivity contribution in [1.82, 2.24) is 9.78 Å². The van der Waals surface area contributed by atoms with E-state index >= 15 is 0 Å². The van der Waals surface area contributed by atoms with Gasteiger partial charge in [0.1, 0.15) is 11.5 Å². The second kappa shape index (κ2) is 6.47. The van der Waals surface area contributed by atoms with Crippen molar-refractivity contribution < 1.29 is 13.9 Å². The van der Waals surface area contributed by atoms with Crippen LogP contribution in [0, 0.1) is 5.82 Å². The van der Waals surface area contributed by atoms with Crippen molar-refractivity contribution >= 4 is 33.3 Å². The summed E-state index contributed by atoms with van der Waals surface area (Å²) in [6, 6.07) is 4.05. The third-order valence-electron chi connectivity index (χ3n) is 2.70. The molecular formula is C13H11BrClFN2O2. The molecule has 0 saturated carbocycles. The van der Waals surface area contributed by atoms with Crippen LogP contribution in [0.5, 0.6) is 0 Å². The van der Waals surface area contributed by atoms with Crippen molar-refractivity contribution in [2.24, 2.45) is 0 Å². The Morgan fingerprint density at radius 3 is 2.95 bits per heavy atom. The minimum Gasteiger partial charge on any atom is -0.383 e. The molecule has 0 aliphatic heterocycles. The highest BCUT2D eigenvalue weighted by Gasteiger charge is 2.19. The summed E-state index contributed by atoms with van der Waals surface area (Å²) in [6.45, 7) is 0.818. The van der Waals surface area contributed by atoms with E-state index in [1.54, 1.807) is 7.11 Å². The average molecular weight is 362 g/mol. The van der Waals surface area contributed by atoms with E-state index in [9.17, 15) is 9.18 Å². The zero-order chi connectivity index (χ0) is 14.7. The summed E-state index contributed by atoms with van der Waals surface area (Å²) in [5.74, 6) is -0.746. The Labute approximate surface area is 128 Å². The number of benzene rings is 1. The maximum Gasteiger partial charge on any atom is 0.212 e. The number of hydrogen-bond acceptors (Lipinski definition) is 3. The maximum absolute atomic E-state index is 13.2. The zero-order valence-corrected chi connectivity index (χ0v) is 12.9. The van der Waals surface area contributed by atoms with Gasteiger partial charge in [-0.25, -0.2) is 4.39 Å². The summed E-state index contributed by atoms with van der Waals surface area (Å²) >= 11 is 9.06. The van der Waals surface area contributed by atoms with Crippen LogP contribution in [-0.2, 0) is 11.3 Å². The smallest absolute Gasteiger partial charge is 0.212 e. The molecule has 0 radical (unpaired) electrons. The average Bonchev–Trinajstić information content (AvgIpc) is 2.80. The molecule has 0 N–H and O–H groups in total. The fourth-order valence-corrected chi connectivity index (χ4v) is 2.32. The second-order valence-corrected chi connectivity index (χ2v) is 5.28. The number of ketones is 1. The SMILES string of the molecule is COCCn1ncc(Cl)c1C(=O)c1ccc(F)c(Br)c1. The van der Waals surface area contributed by atoms with E-state index < -0.39 is 5.82 Å². The summed E-state index contributed by atoms with van der Waals surface area (Å²) in [4.78, 5) is 12.4. The van der Waals surface area contributed by atoms with Gasteiger partial charge >= 0.3 is 0 Å². The summed E-state index contributed by atoms with van der Waals surface area (Å²) in [5, 5.41) is 4.29. The number of ether oxygens (including phenoxy) is 1. The molecule has 2 aromatic rings. The molecule has 0 aliphatic rings. The Balaban J connectivity index is 2.37. The van der Waals surface area contributed by atoms with Gasteiger partial charge in [0, 0.05) is 12.7 Å². The Hall–Kier alpha value is -1.24. The zero-order valence-electron chi connectivity index (χ0n) is 10.6. The molecule has 1 aromatic heterocycles. The fraction of sp³-hybridized carbons (Fsp3) is 0.231. The van der Waals surface area contributed by atoms with Gasteiger partial charge in [-0.05, 0) is 34.1 Å². The third kappa shape index (κ3) is 3.08. The molecule has 20 heavy (non-hydrogen) atoms. The van der Waals surface area contributed by atoms with E-state index in [2.05, 4.69) is 21.0 Å². The van der Waals surface area contributed by atoms with Gasteiger partial charge in [-0.15, -0.1) is 0 Å². The van der Waals surface area contributed by atoms with Crippen LogP contribution in [0.25, 0.3) is 0 Å². The van der Waals surface area contributed by atoms with Gasteiger partial charge in [0.15, 0.2) is 0 Å². The first kappa shape index (κ1) is 15.2. The van der Waals surface area contributed by atoms with Crippen molar-refractivity contribution in [2.75, 3.05) is 13.7 Å². The van der Waals surface area contributed by atoms with Gasteiger partial charge in [-0.1, -0.05) is 11.6 Å². The number of rotatable bonds is 5. The van der Waals surface area contributed by atoms with Crippen LogP contribution in [0.15, 0.2) is 28.9 Å². The predicted octanol–water partition coefficient (Wildman–Crippen LogP) is 3.32. The van der Waals surface area contributed by atoms with Crippen molar-refractivity contribution in [3.63, 3.8) is 0 Å². The van der Waals surface area contributed by atoms with Crippen molar-refractivity contribution in [1.29, 1.82) is 0 Å². The van der Waals surface area contributed by atoms with Crippen LogP contribution in [0.4, 0.5) is 4.39 Å². The Kier molecular flexibility index (Phi) is 4.91. The molecule has 1 aromatic carbocycles. The van der Waals surface area contributed by atoms with Gasteiger partial charge in [0.05, 0.1) is 28.8 Å². The molecule has 0 spiro atoms. The van der Waals surface area contributed by atoms with Crippen LogP contribution in [0.2, 0.25) is 5.02 Å². The number of carbonyl (C=O) groups is 1. The van der Waals surface area contributed by atoms with Crippen LogP contribution in [0.1, 0.15) is 16.1 Å². The Bertz CT molecular complexity index is 645. The summed E-state index contributed by atoms with van der Waals surface area (Å²) in [7, 11) is 1.56. The quantitative estimate of drug-likeness (QED) is 0.768. The number of methoxy groups -OCH3 is 1. The van der Waals surface area contributed by atoms with Crippen molar-refractivity contribution in [2.45, 2.75) is 6.54 Å². The highest BCUT2D eigenvalue weighted by atomic mass is 79.9. The standard InChI is InChI=1S/C13H11BrClFN2O2/c1-20-5-4-18-12(10(15)7-17-18)13(19)8-2-3-11(16)9(14)6-8/h2-3,6-7H,4-5H2,1H3. The molecule has 7 heteroatoms. The molecule has 106 valence electrons. The molecule has 0 fully saturated rings. The van der Waals surface area contributed by atoms with E-state index in [1.165, 1.54) is 29.1 Å². The van der Waals surface area contributed by atoms with E-state index in [0.717, 1.165) is 0 Å². The van der Waals surface area contributed by atoms with Gasteiger partial charge in [-0.2, -0.15) is 5.10 Å². The minimum atomic E-state index is -0.430. The maximum atomic E-state index is 13.2. The van der Waals surface area contributed by atoms with Crippen molar-refractivity contribution in [3.8, 4) is 0 Å². The third-order valence-corrected chi connectivity index (χ3v) is 3.58. The van der Waals surface area contributed by atoms with Crippen LogP contribution >= 0.6 is 27.5 Å². The van der Waals surface area contributed by atoms with Crippen molar-refractivity contribution in [3.05, 3.63) is 51.0 Å². The van der Waals surface area contributed by atoms with Gasteiger partial charge in [-0.3, -0.25) is 9.48 Å². The topological polar surface area (TPSA) is 44.1 Å². The van der Waals surface area contributed by atoms with E-state index in [1.807, 2.05) is 0 Å². The highest BCUT2D eigenvalue weighted by Crippen LogP contribution is 2.22. The first-order valence-electron chi connectivity index (χ1n) is 5.74. The molecule has 0 bridgehead atoms. The lowest BCUT2D eigenvalue weighted by Gasteiger charge is -2.07. The lowest BCUT2D eigenvalue weighted by Crippen LogP contribution is -2.14. The van der Waals surface area contributed by atoms with Gasteiger partial charge in [0.25, 0.3) is 0 Å². The molecule has 0 atom stereocenters. The molecule has 0 aliphatic carbocycles. The summed E-state index contributed by atoms with van der Waals surface area (Å²) < 4.78 is 19.9. The number of aromatic nitrogens is 2. The minimum absolute atomic E-state index is 0.224. The molecule has 4 nitrogen and oxygen atoms in total. The molecule has 1 heterocycles. The fourth-order valence-electron chi connectivity index (χ4n) is 1.71. The van der Waals surface area contributed by atoms with Crippen LogP contribution in [-0.4, -0.2) is 29.3 Å². The second-order valence-electron chi connectivity index (χ2n) is 4.02. The van der Waals surface area contributed by atoms with Crippen LogP contribution < -0.4 is 0 Å². The Morgan fingerprint density at radius 2 is 2.30 bits per heavy atom. The molecule has 2 rings (SSSR count). The van der Waals surface area contributed by atoms with E-state index in [-0.39, 0.29) is 21.0 Å². The normalized spacial score (nSPS) is 10.8. The number of halogens is 3. The lowest BCUT2D eigenvalue weighted by atomic mass is 10.1. The van der Waals surface area contributed by atoms with Crippen LogP contribution in [0.3, 0.4) is 0 Å². The molecule has 0 unspecified atom stereocenters. The summed E-state index contributed by atoms with van der Waals surface area (Å²) in [6.07, 6.45) is 1.41. The Morgan fingerprint density at radius 1 is 1.55 bits per heavy atom. The largest absolute Gasteiger partial charge is 0.383 e. The lowest BCUT2D eigenvalue weighted by molar-refractivity contribution is 0.102. The molecule has 0 amide bonds. The molecule has 0 saturated heterocycles. The van der Waals surface area contributed by atoms with E-state index in [4.69, 9.17) is 16.3 Å². The number of hydrogen-bond donors (Lipinski definition) is 0. The predicted molar refractivity (Wildman–Crippen MR) is 76.6 cm³/mol. The number of carbonyl (C=O) groups excluding carboxylic acids is 1. The molecular weight excluding hydrogens is 351 g/mol. The van der Waals surface area contributed by atoms with E-state index in [0.29, 0.717) is 18.7 Å². The van der Waals surface area contributed by atoms with Gasteiger partial charge in [0.2, 0.25) is 5.78 Å². The highest BCUT2D eigenvalue weighted by molar-refractivity contribution is 9.10. The monoisotopic (exact) mass is 360 g/mol. The first-order valence-corrected chi connectivity index (χ1v) is 6.91.